The molecule has 144 valence electrons. The van der Waals surface area contributed by atoms with Gasteiger partial charge in [0.2, 0.25) is 5.78 Å². The van der Waals surface area contributed by atoms with E-state index in [1.165, 1.54) is 12.7 Å². The van der Waals surface area contributed by atoms with E-state index in [-0.39, 0.29) is 12.4 Å². The van der Waals surface area contributed by atoms with Crippen LogP contribution in [0.2, 0.25) is 0 Å². The van der Waals surface area contributed by atoms with Crippen molar-refractivity contribution in [2.24, 2.45) is 0 Å². The van der Waals surface area contributed by atoms with Gasteiger partial charge in [-0.25, -0.2) is 4.79 Å². The van der Waals surface area contributed by atoms with Gasteiger partial charge in [0.05, 0.1) is 19.3 Å². The van der Waals surface area contributed by atoms with Crippen LogP contribution in [-0.4, -0.2) is 32.1 Å². The van der Waals surface area contributed by atoms with Crippen molar-refractivity contribution in [1.82, 2.24) is 0 Å². The molecule has 0 aliphatic carbocycles. The number of Topliss-reactive ketones (excluding diaryl/α,β-unsaturated/α-hetero) is 1. The lowest BCUT2D eigenvalue weighted by molar-refractivity contribution is 0.0474. The number of carbonyl (C=O) groups is 2. The molecule has 0 aliphatic rings. The minimum atomic E-state index is -0.579. The van der Waals surface area contributed by atoms with Crippen LogP contribution in [0.3, 0.4) is 0 Å². The molecular weight excluding hydrogens is 344 g/mol. The van der Waals surface area contributed by atoms with Crippen LogP contribution in [0.1, 0.15) is 49.9 Å². The van der Waals surface area contributed by atoms with E-state index in [1.54, 1.807) is 18.2 Å². The normalized spacial score (nSPS) is 10.4. The van der Waals surface area contributed by atoms with Crippen molar-refractivity contribution >= 4 is 11.8 Å². The van der Waals surface area contributed by atoms with E-state index >= 15 is 0 Å². The van der Waals surface area contributed by atoms with Gasteiger partial charge in [-0.3, -0.25) is 4.79 Å². The van der Waals surface area contributed by atoms with Gasteiger partial charge in [0.25, 0.3) is 0 Å². The van der Waals surface area contributed by atoms with Crippen molar-refractivity contribution < 1.29 is 23.8 Å². The second-order valence-electron chi connectivity index (χ2n) is 6.41. The number of ketones is 1. The summed E-state index contributed by atoms with van der Waals surface area (Å²) in [6.07, 6.45) is 0. The molecule has 5 nitrogen and oxygen atoms in total. The third-order valence-electron chi connectivity index (χ3n) is 4.82. The Balaban J connectivity index is 2.14. The number of ether oxygens (including phenoxy) is 3. The molecule has 0 heterocycles. The molecule has 0 spiro atoms. The van der Waals surface area contributed by atoms with Crippen LogP contribution < -0.4 is 9.47 Å². The molecule has 0 atom stereocenters. The van der Waals surface area contributed by atoms with Gasteiger partial charge in [0.1, 0.15) is 0 Å². The summed E-state index contributed by atoms with van der Waals surface area (Å²) in [5, 5.41) is 0. The predicted octanol–water partition coefficient (Wildman–Crippen LogP) is 4.37. The largest absolute Gasteiger partial charge is 0.493 e. The third-order valence-corrected chi connectivity index (χ3v) is 4.82. The van der Waals surface area contributed by atoms with Gasteiger partial charge in [0, 0.05) is 5.56 Å². The molecule has 0 unspecified atom stereocenters. The molecule has 2 aromatic carbocycles. The smallest absolute Gasteiger partial charge is 0.338 e. The first-order chi connectivity index (χ1) is 12.8. The zero-order chi connectivity index (χ0) is 20.1. The summed E-state index contributed by atoms with van der Waals surface area (Å²) in [6.45, 7) is 9.89. The SMILES string of the molecule is CCOc1cc(C(=O)OCC(=O)c2cc(C)c(C)c(C)c2C)ccc1OC. The Morgan fingerprint density at radius 1 is 0.926 bits per heavy atom. The number of rotatable bonds is 7. The van der Waals surface area contributed by atoms with E-state index in [2.05, 4.69) is 0 Å². The van der Waals surface area contributed by atoms with Crippen molar-refractivity contribution in [3.63, 3.8) is 0 Å². The fraction of sp³-hybridized carbons (Fsp3) is 0.364. The monoisotopic (exact) mass is 370 g/mol. The van der Waals surface area contributed by atoms with Crippen molar-refractivity contribution in [2.75, 3.05) is 20.3 Å². The summed E-state index contributed by atoms with van der Waals surface area (Å²) in [7, 11) is 1.53. The molecule has 2 aromatic rings. The average Bonchev–Trinajstić information content (AvgIpc) is 2.67. The highest BCUT2D eigenvalue weighted by molar-refractivity contribution is 6.01. The second-order valence-corrected chi connectivity index (χ2v) is 6.41. The van der Waals surface area contributed by atoms with Crippen molar-refractivity contribution in [3.8, 4) is 11.5 Å². The first-order valence-corrected chi connectivity index (χ1v) is 8.88. The van der Waals surface area contributed by atoms with Crippen LogP contribution in [0.15, 0.2) is 24.3 Å². The maximum absolute atomic E-state index is 12.6. The number of benzene rings is 2. The van der Waals surface area contributed by atoms with E-state index in [4.69, 9.17) is 14.2 Å². The summed E-state index contributed by atoms with van der Waals surface area (Å²) >= 11 is 0. The quantitative estimate of drug-likeness (QED) is 0.535. The first kappa shape index (κ1) is 20.5. The lowest BCUT2D eigenvalue weighted by Crippen LogP contribution is -2.16. The van der Waals surface area contributed by atoms with Crippen LogP contribution in [-0.2, 0) is 4.74 Å². The van der Waals surface area contributed by atoms with Crippen molar-refractivity contribution in [2.45, 2.75) is 34.6 Å². The van der Waals surface area contributed by atoms with Gasteiger partial charge in [-0.05, 0) is 81.1 Å². The van der Waals surface area contributed by atoms with Gasteiger partial charge in [-0.15, -0.1) is 0 Å². The van der Waals surface area contributed by atoms with Crippen LogP contribution in [0, 0.1) is 27.7 Å². The molecule has 0 radical (unpaired) electrons. The van der Waals surface area contributed by atoms with Crippen molar-refractivity contribution in [1.29, 1.82) is 0 Å². The predicted molar refractivity (Wildman–Crippen MR) is 104 cm³/mol. The minimum absolute atomic E-state index is 0.217. The Morgan fingerprint density at radius 3 is 2.26 bits per heavy atom. The Bertz CT molecular complexity index is 867. The van der Waals surface area contributed by atoms with E-state index in [9.17, 15) is 9.59 Å². The summed E-state index contributed by atoms with van der Waals surface area (Å²) in [4.78, 5) is 24.9. The Labute approximate surface area is 160 Å². The number of hydrogen-bond donors (Lipinski definition) is 0. The van der Waals surface area contributed by atoms with E-state index in [0.717, 1.165) is 16.7 Å². The van der Waals surface area contributed by atoms with Crippen LogP contribution >= 0.6 is 0 Å². The summed E-state index contributed by atoms with van der Waals surface area (Å²) in [5.41, 5.74) is 5.11. The maximum atomic E-state index is 12.6. The van der Waals surface area contributed by atoms with Gasteiger partial charge >= 0.3 is 5.97 Å². The Kier molecular flexibility index (Phi) is 6.61. The molecule has 0 fully saturated rings. The zero-order valence-corrected chi connectivity index (χ0v) is 16.8. The maximum Gasteiger partial charge on any atom is 0.338 e. The summed E-state index contributed by atoms with van der Waals surface area (Å²) < 4.78 is 15.9. The van der Waals surface area contributed by atoms with Gasteiger partial charge in [-0.2, -0.15) is 0 Å². The molecule has 0 saturated carbocycles. The lowest BCUT2D eigenvalue weighted by Gasteiger charge is -2.14. The van der Waals surface area contributed by atoms with Crippen LogP contribution in [0.25, 0.3) is 0 Å². The van der Waals surface area contributed by atoms with Crippen molar-refractivity contribution in [3.05, 3.63) is 57.6 Å². The summed E-state index contributed by atoms with van der Waals surface area (Å²) in [6, 6.07) is 6.63. The van der Waals surface area contributed by atoms with Gasteiger partial charge < -0.3 is 14.2 Å². The summed E-state index contributed by atoms with van der Waals surface area (Å²) in [5.74, 6) is 0.197. The molecule has 0 aliphatic heterocycles. The van der Waals surface area contributed by atoms with Gasteiger partial charge in [0.15, 0.2) is 18.1 Å². The molecule has 0 amide bonds. The topological polar surface area (TPSA) is 61.8 Å². The molecule has 0 saturated heterocycles. The highest BCUT2D eigenvalue weighted by Gasteiger charge is 2.17. The highest BCUT2D eigenvalue weighted by Crippen LogP contribution is 2.28. The van der Waals surface area contributed by atoms with E-state index < -0.39 is 5.97 Å². The molecule has 5 heteroatoms. The molecule has 0 aromatic heterocycles. The zero-order valence-electron chi connectivity index (χ0n) is 16.8. The average molecular weight is 370 g/mol. The highest BCUT2D eigenvalue weighted by atomic mass is 16.5. The second kappa shape index (κ2) is 8.71. The third kappa shape index (κ3) is 4.48. The number of aryl methyl sites for hydroxylation is 1. The molecule has 0 N–H and O–H groups in total. The lowest BCUT2D eigenvalue weighted by atomic mass is 9.93. The van der Waals surface area contributed by atoms with E-state index in [1.807, 2.05) is 40.7 Å². The Hall–Kier alpha value is -2.82. The molecule has 0 bridgehead atoms. The standard InChI is InChI=1S/C22H26O5/c1-7-26-21-11-17(8-9-20(21)25-6)22(24)27-12-19(23)18-10-13(2)14(3)15(4)16(18)5/h8-11H,7,12H2,1-6H3. The molecule has 2 rings (SSSR count). The minimum Gasteiger partial charge on any atom is -0.493 e. The number of esters is 1. The fourth-order valence-electron chi connectivity index (χ4n) is 2.87. The fourth-order valence-corrected chi connectivity index (χ4v) is 2.87. The first-order valence-electron chi connectivity index (χ1n) is 8.88. The van der Waals surface area contributed by atoms with Gasteiger partial charge in [-0.1, -0.05) is 0 Å². The van der Waals surface area contributed by atoms with Crippen LogP contribution in [0.5, 0.6) is 11.5 Å². The number of carbonyl (C=O) groups excluding carboxylic acids is 2. The molecular formula is C22H26O5. The van der Waals surface area contributed by atoms with E-state index in [0.29, 0.717) is 29.2 Å². The van der Waals surface area contributed by atoms with Crippen LogP contribution in [0.4, 0.5) is 0 Å². The molecule has 27 heavy (non-hydrogen) atoms. The number of methoxy groups -OCH3 is 1. The number of hydrogen-bond acceptors (Lipinski definition) is 5. The Morgan fingerprint density at radius 2 is 1.63 bits per heavy atom.